The van der Waals surface area contributed by atoms with Crippen molar-refractivity contribution >= 4 is 0 Å². The first-order valence-corrected chi connectivity index (χ1v) is 4.99. The normalized spacial score (nSPS) is 10.2. The van der Waals surface area contributed by atoms with Gasteiger partial charge in [0, 0.05) is 6.54 Å². The van der Waals surface area contributed by atoms with E-state index in [1.807, 2.05) is 10.8 Å². The standard InChI is InChI=1S/C9H11N7/c1-2-3-16-9(11-6-13-16)5-15-7-12-8(4-10)14-15/h6-7H,2-3,5H2,1H3. The van der Waals surface area contributed by atoms with Crippen LogP contribution >= 0.6 is 0 Å². The molecule has 0 spiro atoms. The molecule has 2 aromatic heterocycles. The van der Waals surface area contributed by atoms with E-state index in [1.54, 1.807) is 4.68 Å². The maximum Gasteiger partial charge on any atom is 0.252 e. The second-order valence-corrected chi connectivity index (χ2v) is 3.28. The van der Waals surface area contributed by atoms with Crippen molar-refractivity contribution in [3.8, 4) is 6.07 Å². The summed E-state index contributed by atoms with van der Waals surface area (Å²) in [6, 6.07) is 1.88. The molecule has 0 amide bonds. The minimum Gasteiger partial charge on any atom is -0.248 e. The van der Waals surface area contributed by atoms with E-state index in [2.05, 4.69) is 27.1 Å². The lowest BCUT2D eigenvalue weighted by molar-refractivity contribution is 0.538. The van der Waals surface area contributed by atoms with Crippen molar-refractivity contribution in [1.82, 2.24) is 29.5 Å². The highest BCUT2D eigenvalue weighted by molar-refractivity contribution is 5.05. The molecule has 2 heterocycles. The summed E-state index contributed by atoms with van der Waals surface area (Å²) in [7, 11) is 0. The Kier molecular flexibility index (Phi) is 2.91. The van der Waals surface area contributed by atoms with Gasteiger partial charge in [0.05, 0.1) is 0 Å². The van der Waals surface area contributed by atoms with Crippen LogP contribution in [-0.4, -0.2) is 29.5 Å². The van der Waals surface area contributed by atoms with E-state index in [4.69, 9.17) is 5.26 Å². The van der Waals surface area contributed by atoms with Crippen LogP contribution in [-0.2, 0) is 13.1 Å². The lowest BCUT2D eigenvalue weighted by atomic mass is 10.5. The highest BCUT2D eigenvalue weighted by Crippen LogP contribution is 1.99. The van der Waals surface area contributed by atoms with Crippen LogP contribution in [0.15, 0.2) is 12.7 Å². The minimum atomic E-state index is 0.168. The third-order valence-corrected chi connectivity index (χ3v) is 2.07. The van der Waals surface area contributed by atoms with Crippen molar-refractivity contribution in [2.24, 2.45) is 0 Å². The molecule has 0 N–H and O–H groups in total. The summed E-state index contributed by atoms with van der Waals surface area (Å²) in [4.78, 5) is 7.97. The van der Waals surface area contributed by atoms with E-state index >= 15 is 0 Å². The maximum absolute atomic E-state index is 8.59. The van der Waals surface area contributed by atoms with E-state index in [9.17, 15) is 0 Å². The minimum absolute atomic E-state index is 0.168. The van der Waals surface area contributed by atoms with E-state index < -0.39 is 0 Å². The quantitative estimate of drug-likeness (QED) is 0.730. The summed E-state index contributed by atoms with van der Waals surface area (Å²) < 4.78 is 3.41. The molecule has 16 heavy (non-hydrogen) atoms. The molecule has 7 nitrogen and oxygen atoms in total. The van der Waals surface area contributed by atoms with Crippen LogP contribution in [0, 0.1) is 11.3 Å². The van der Waals surface area contributed by atoms with Gasteiger partial charge in [0.25, 0.3) is 5.82 Å². The summed E-state index contributed by atoms with van der Waals surface area (Å²) in [6.45, 7) is 3.39. The van der Waals surface area contributed by atoms with Crippen molar-refractivity contribution in [2.75, 3.05) is 0 Å². The third kappa shape index (κ3) is 2.06. The molecule has 2 aromatic rings. The molecule has 0 saturated heterocycles. The molecule has 0 fully saturated rings. The van der Waals surface area contributed by atoms with Gasteiger partial charge >= 0.3 is 0 Å². The molecule has 7 heteroatoms. The summed E-state index contributed by atoms with van der Waals surface area (Å²) in [5, 5.41) is 16.7. The van der Waals surface area contributed by atoms with E-state index in [-0.39, 0.29) is 5.82 Å². The second-order valence-electron chi connectivity index (χ2n) is 3.28. The van der Waals surface area contributed by atoms with Crippen molar-refractivity contribution < 1.29 is 0 Å². The molecule has 0 bridgehead atoms. The van der Waals surface area contributed by atoms with Gasteiger partial charge in [-0.1, -0.05) is 6.92 Å². The molecular weight excluding hydrogens is 206 g/mol. The zero-order chi connectivity index (χ0) is 11.4. The van der Waals surface area contributed by atoms with E-state index in [0.717, 1.165) is 18.8 Å². The summed E-state index contributed by atoms with van der Waals surface area (Å²) in [5.41, 5.74) is 0. The summed E-state index contributed by atoms with van der Waals surface area (Å²) in [6.07, 6.45) is 4.04. The van der Waals surface area contributed by atoms with Gasteiger partial charge in [-0.05, 0) is 6.42 Å². The van der Waals surface area contributed by atoms with Crippen LogP contribution in [0.4, 0.5) is 0 Å². The first-order valence-electron chi connectivity index (χ1n) is 4.99. The fraction of sp³-hybridized carbons (Fsp3) is 0.444. The predicted octanol–water partition coefficient (Wildman–Crippen LogP) is 0.200. The number of aromatic nitrogens is 6. The number of rotatable bonds is 4. The average Bonchev–Trinajstić information content (AvgIpc) is 2.90. The van der Waals surface area contributed by atoms with Crippen molar-refractivity contribution in [3.05, 3.63) is 24.3 Å². The number of aryl methyl sites for hydroxylation is 1. The Morgan fingerprint density at radius 1 is 1.44 bits per heavy atom. The lowest BCUT2D eigenvalue weighted by Crippen LogP contribution is -2.10. The Bertz CT molecular complexity index is 504. The maximum atomic E-state index is 8.59. The van der Waals surface area contributed by atoms with Gasteiger partial charge in [-0.15, -0.1) is 5.10 Å². The Morgan fingerprint density at radius 2 is 2.31 bits per heavy atom. The smallest absolute Gasteiger partial charge is 0.248 e. The second kappa shape index (κ2) is 4.53. The van der Waals surface area contributed by atoms with E-state index in [0.29, 0.717) is 6.54 Å². The molecule has 0 aromatic carbocycles. The highest BCUT2D eigenvalue weighted by Gasteiger charge is 2.06. The molecule has 82 valence electrons. The third-order valence-electron chi connectivity index (χ3n) is 2.07. The van der Waals surface area contributed by atoms with Gasteiger partial charge in [-0.2, -0.15) is 10.4 Å². The van der Waals surface area contributed by atoms with Gasteiger partial charge in [-0.25, -0.2) is 19.3 Å². The molecule has 0 unspecified atom stereocenters. The Balaban J connectivity index is 2.14. The SMILES string of the molecule is CCCn1ncnc1Cn1cnc(C#N)n1. The van der Waals surface area contributed by atoms with Crippen LogP contribution in [0.2, 0.25) is 0 Å². The molecule has 0 aliphatic heterocycles. The van der Waals surface area contributed by atoms with Gasteiger partial charge in [0.15, 0.2) is 0 Å². The van der Waals surface area contributed by atoms with Crippen LogP contribution in [0.5, 0.6) is 0 Å². The molecule has 0 radical (unpaired) electrons. The van der Waals surface area contributed by atoms with Gasteiger partial charge in [0.1, 0.15) is 31.1 Å². The largest absolute Gasteiger partial charge is 0.252 e. The molecule has 0 saturated carbocycles. The van der Waals surface area contributed by atoms with Gasteiger partial charge in [0.2, 0.25) is 0 Å². The fourth-order valence-electron chi connectivity index (χ4n) is 1.38. The molecular formula is C9H11N7. The zero-order valence-corrected chi connectivity index (χ0v) is 8.91. The van der Waals surface area contributed by atoms with Crippen LogP contribution in [0.1, 0.15) is 25.0 Å². The van der Waals surface area contributed by atoms with Gasteiger partial charge in [-0.3, -0.25) is 0 Å². The molecule has 2 rings (SSSR count). The zero-order valence-electron chi connectivity index (χ0n) is 8.91. The van der Waals surface area contributed by atoms with Crippen LogP contribution < -0.4 is 0 Å². The van der Waals surface area contributed by atoms with Crippen LogP contribution in [0.25, 0.3) is 0 Å². The summed E-state index contributed by atoms with van der Waals surface area (Å²) >= 11 is 0. The van der Waals surface area contributed by atoms with Gasteiger partial charge < -0.3 is 0 Å². The highest BCUT2D eigenvalue weighted by atomic mass is 15.4. The first-order chi connectivity index (χ1) is 7.83. The van der Waals surface area contributed by atoms with Crippen molar-refractivity contribution in [2.45, 2.75) is 26.4 Å². The first kappa shape index (κ1) is 10.3. The fourth-order valence-corrected chi connectivity index (χ4v) is 1.38. The Hall–Kier alpha value is -2.23. The molecule has 0 aliphatic rings. The number of nitriles is 1. The van der Waals surface area contributed by atoms with Crippen molar-refractivity contribution in [1.29, 1.82) is 5.26 Å². The van der Waals surface area contributed by atoms with E-state index in [1.165, 1.54) is 12.7 Å². The van der Waals surface area contributed by atoms with Crippen molar-refractivity contribution in [3.63, 3.8) is 0 Å². The molecule has 0 aliphatic carbocycles. The predicted molar refractivity (Wildman–Crippen MR) is 54.2 cm³/mol. The number of hydrogen-bond donors (Lipinski definition) is 0. The monoisotopic (exact) mass is 217 g/mol. The average molecular weight is 217 g/mol. The summed E-state index contributed by atoms with van der Waals surface area (Å²) in [5.74, 6) is 0.984. The Morgan fingerprint density at radius 3 is 3.00 bits per heavy atom. The Labute approximate surface area is 92.4 Å². The number of hydrogen-bond acceptors (Lipinski definition) is 5. The van der Waals surface area contributed by atoms with Crippen LogP contribution in [0.3, 0.4) is 0 Å². The lowest BCUT2D eigenvalue weighted by Gasteiger charge is -2.03. The number of nitrogens with zero attached hydrogens (tertiary/aromatic N) is 7. The topological polar surface area (TPSA) is 85.2 Å². The molecule has 0 atom stereocenters.